The van der Waals surface area contributed by atoms with Gasteiger partial charge in [-0.3, -0.25) is 0 Å². The Bertz CT molecular complexity index is 338. The standard InChI is InChI=1S/C12H18BrN3.HI/c1-2-3-8-15-12(14)16-9-10-4-6-11(13)7-5-10;/h4-7H,2-3,8-9H2,1H3,(H3,14,15,16);1H. The summed E-state index contributed by atoms with van der Waals surface area (Å²) in [5.41, 5.74) is 6.88. The molecule has 0 radical (unpaired) electrons. The van der Waals surface area contributed by atoms with Crippen molar-refractivity contribution in [3.05, 3.63) is 34.3 Å². The fourth-order valence-electron chi connectivity index (χ4n) is 1.22. The molecular weight excluding hydrogens is 393 g/mol. The highest BCUT2D eigenvalue weighted by atomic mass is 127. The van der Waals surface area contributed by atoms with Crippen molar-refractivity contribution in [2.24, 2.45) is 10.7 Å². The quantitative estimate of drug-likeness (QED) is 0.338. The minimum atomic E-state index is 0. The van der Waals surface area contributed by atoms with Crippen LogP contribution in [0.4, 0.5) is 0 Å². The highest BCUT2D eigenvalue weighted by molar-refractivity contribution is 14.0. The first-order chi connectivity index (χ1) is 7.72. The highest BCUT2D eigenvalue weighted by Gasteiger charge is 1.93. The van der Waals surface area contributed by atoms with Gasteiger partial charge in [0.25, 0.3) is 0 Å². The highest BCUT2D eigenvalue weighted by Crippen LogP contribution is 2.10. The zero-order chi connectivity index (χ0) is 11.8. The van der Waals surface area contributed by atoms with E-state index in [-0.39, 0.29) is 24.0 Å². The van der Waals surface area contributed by atoms with Crippen LogP contribution in [0.5, 0.6) is 0 Å². The van der Waals surface area contributed by atoms with Crippen molar-refractivity contribution in [3.8, 4) is 0 Å². The zero-order valence-corrected chi connectivity index (χ0v) is 13.9. The van der Waals surface area contributed by atoms with Crippen molar-refractivity contribution in [2.75, 3.05) is 6.54 Å². The minimum Gasteiger partial charge on any atom is -0.370 e. The minimum absolute atomic E-state index is 0. The number of aliphatic imine (C=N–C) groups is 1. The molecule has 0 aliphatic heterocycles. The Morgan fingerprint density at radius 1 is 1.35 bits per heavy atom. The Kier molecular flexibility index (Phi) is 9.53. The van der Waals surface area contributed by atoms with Gasteiger partial charge in [-0.25, -0.2) is 4.99 Å². The molecule has 0 spiro atoms. The second-order valence-electron chi connectivity index (χ2n) is 3.61. The molecule has 1 aromatic carbocycles. The van der Waals surface area contributed by atoms with Gasteiger partial charge in [-0.05, 0) is 24.1 Å². The molecule has 0 saturated heterocycles. The van der Waals surface area contributed by atoms with Gasteiger partial charge in [0.15, 0.2) is 5.96 Å². The van der Waals surface area contributed by atoms with E-state index in [1.807, 2.05) is 24.3 Å². The number of guanidine groups is 1. The lowest BCUT2D eigenvalue weighted by molar-refractivity contribution is 0.748. The third kappa shape index (κ3) is 7.59. The number of hydrogen-bond donors (Lipinski definition) is 2. The van der Waals surface area contributed by atoms with Crippen molar-refractivity contribution in [2.45, 2.75) is 26.3 Å². The molecule has 0 aromatic heterocycles. The number of rotatable bonds is 5. The second-order valence-corrected chi connectivity index (χ2v) is 4.52. The SMILES string of the molecule is CCCCNC(N)=NCc1ccc(Br)cc1.I. The Hall–Kier alpha value is -0.300. The van der Waals surface area contributed by atoms with Gasteiger partial charge in [-0.1, -0.05) is 41.4 Å². The summed E-state index contributed by atoms with van der Waals surface area (Å²) in [4.78, 5) is 4.26. The summed E-state index contributed by atoms with van der Waals surface area (Å²) in [6.07, 6.45) is 2.28. The maximum absolute atomic E-state index is 5.72. The second kappa shape index (κ2) is 9.70. The monoisotopic (exact) mass is 411 g/mol. The van der Waals surface area contributed by atoms with E-state index < -0.39 is 0 Å². The zero-order valence-electron chi connectivity index (χ0n) is 9.95. The summed E-state index contributed by atoms with van der Waals surface area (Å²) in [6, 6.07) is 8.08. The van der Waals surface area contributed by atoms with E-state index in [2.05, 4.69) is 33.2 Å². The molecule has 0 heterocycles. The molecule has 0 bridgehead atoms. The first-order valence-electron chi connectivity index (χ1n) is 5.50. The molecule has 3 N–H and O–H groups in total. The van der Waals surface area contributed by atoms with Gasteiger partial charge in [0.05, 0.1) is 6.54 Å². The van der Waals surface area contributed by atoms with Crippen LogP contribution in [0.25, 0.3) is 0 Å². The maximum atomic E-state index is 5.72. The average Bonchev–Trinajstić information content (AvgIpc) is 2.29. The Morgan fingerprint density at radius 3 is 2.59 bits per heavy atom. The van der Waals surface area contributed by atoms with Gasteiger partial charge >= 0.3 is 0 Å². The molecule has 0 aliphatic carbocycles. The normalized spacial score (nSPS) is 10.8. The number of hydrogen-bond acceptors (Lipinski definition) is 1. The van der Waals surface area contributed by atoms with Crippen LogP contribution in [0.1, 0.15) is 25.3 Å². The molecule has 17 heavy (non-hydrogen) atoms. The fourth-order valence-corrected chi connectivity index (χ4v) is 1.48. The maximum Gasteiger partial charge on any atom is 0.188 e. The molecule has 3 nitrogen and oxygen atoms in total. The third-order valence-electron chi connectivity index (χ3n) is 2.18. The summed E-state index contributed by atoms with van der Waals surface area (Å²) in [6.45, 7) is 3.67. The van der Waals surface area contributed by atoms with Gasteiger partial charge in [0.2, 0.25) is 0 Å². The smallest absolute Gasteiger partial charge is 0.188 e. The Morgan fingerprint density at radius 2 is 2.00 bits per heavy atom. The van der Waals surface area contributed by atoms with Gasteiger partial charge in [-0.2, -0.15) is 0 Å². The lowest BCUT2D eigenvalue weighted by Crippen LogP contribution is -2.32. The first-order valence-corrected chi connectivity index (χ1v) is 6.30. The van der Waals surface area contributed by atoms with Crippen molar-refractivity contribution in [3.63, 3.8) is 0 Å². The molecule has 5 heteroatoms. The van der Waals surface area contributed by atoms with Crippen molar-refractivity contribution < 1.29 is 0 Å². The third-order valence-corrected chi connectivity index (χ3v) is 2.71. The predicted octanol–water partition coefficient (Wildman–Crippen LogP) is 3.27. The lowest BCUT2D eigenvalue weighted by Gasteiger charge is -2.04. The number of nitrogens with two attached hydrogens (primary N) is 1. The van der Waals surface area contributed by atoms with Crippen molar-refractivity contribution in [1.29, 1.82) is 0 Å². The van der Waals surface area contributed by atoms with Crippen LogP contribution in [-0.4, -0.2) is 12.5 Å². The first kappa shape index (κ1) is 16.7. The average molecular weight is 412 g/mol. The van der Waals surface area contributed by atoms with E-state index in [9.17, 15) is 0 Å². The van der Waals surface area contributed by atoms with Gasteiger partial charge in [0, 0.05) is 11.0 Å². The molecule has 0 saturated carbocycles. The van der Waals surface area contributed by atoms with Crippen molar-refractivity contribution >= 4 is 45.9 Å². The van der Waals surface area contributed by atoms with Crippen LogP contribution in [-0.2, 0) is 6.54 Å². The number of halogens is 2. The Labute approximate surface area is 128 Å². The van der Waals surface area contributed by atoms with Gasteiger partial charge < -0.3 is 11.1 Å². The van der Waals surface area contributed by atoms with Crippen LogP contribution < -0.4 is 11.1 Å². The van der Waals surface area contributed by atoms with E-state index >= 15 is 0 Å². The molecule has 96 valence electrons. The molecule has 0 atom stereocenters. The van der Waals surface area contributed by atoms with E-state index in [0.29, 0.717) is 12.5 Å². The molecule has 0 amide bonds. The summed E-state index contributed by atoms with van der Waals surface area (Å²) in [5.74, 6) is 0.524. The number of nitrogens with zero attached hydrogens (tertiary/aromatic N) is 1. The van der Waals surface area contributed by atoms with Crippen LogP contribution in [0.2, 0.25) is 0 Å². The molecular formula is C12H19BrIN3. The summed E-state index contributed by atoms with van der Waals surface area (Å²) < 4.78 is 1.08. The molecule has 1 aromatic rings. The molecule has 0 aliphatic rings. The van der Waals surface area contributed by atoms with Crippen LogP contribution >= 0.6 is 39.9 Å². The van der Waals surface area contributed by atoms with Gasteiger partial charge in [0.1, 0.15) is 0 Å². The summed E-state index contributed by atoms with van der Waals surface area (Å²) >= 11 is 3.39. The predicted molar refractivity (Wildman–Crippen MR) is 87.8 cm³/mol. The Balaban J connectivity index is 0.00000256. The van der Waals surface area contributed by atoms with Gasteiger partial charge in [-0.15, -0.1) is 24.0 Å². The van der Waals surface area contributed by atoms with E-state index in [1.165, 1.54) is 0 Å². The molecule has 0 fully saturated rings. The van der Waals surface area contributed by atoms with E-state index in [1.54, 1.807) is 0 Å². The topological polar surface area (TPSA) is 50.4 Å². The van der Waals surface area contributed by atoms with Crippen LogP contribution in [0.15, 0.2) is 33.7 Å². The molecule has 1 rings (SSSR count). The van der Waals surface area contributed by atoms with Crippen LogP contribution in [0, 0.1) is 0 Å². The number of nitrogens with one attached hydrogen (secondary N) is 1. The molecule has 0 unspecified atom stereocenters. The van der Waals surface area contributed by atoms with Crippen molar-refractivity contribution in [1.82, 2.24) is 5.32 Å². The lowest BCUT2D eigenvalue weighted by atomic mass is 10.2. The number of unbranched alkanes of at least 4 members (excludes halogenated alkanes) is 1. The summed E-state index contributed by atoms with van der Waals surface area (Å²) in [5, 5.41) is 3.08. The van der Waals surface area contributed by atoms with E-state index in [4.69, 9.17) is 5.73 Å². The summed E-state index contributed by atoms with van der Waals surface area (Å²) in [7, 11) is 0. The fraction of sp³-hybridized carbons (Fsp3) is 0.417. The largest absolute Gasteiger partial charge is 0.370 e. The van der Waals surface area contributed by atoms with Crippen LogP contribution in [0.3, 0.4) is 0 Å². The van der Waals surface area contributed by atoms with E-state index in [0.717, 1.165) is 29.4 Å². The number of benzene rings is 1.